The number of esters is 1. The highest BCUT2D eigenvalue weighted by Gasteiger charge is 2.06. The summed E-state index contributed by atoms with van der Waals surface area (Å²) in [6.07, 6.45) is 2.72. The van der Waals surface area contributed by atoms with Crippen LogP contribution in [0.1, 0.15) is 20.3 Å². The Morgan fingerprint density at radius 1 is 1.45 bits per heavy atom. The highest BCUT2D eigenvalue weighted by atomic mass is 16.5. The first-order valence-electron chi connectivity index (χ1n) is 3.58. The topological polar surface area (TPSA) is 43.4 Å². The summed E-state index contributed by atoms with van der Waals surface area (Å²) >= 11 is 0. The van der Waals surface area contributed by atoms with Crippen LogP contribution in [0, 0.1) is 0 Å². The number of allylic oxidation sites excluding steroid dienone is 1. The van der Waals surface area contributed by atoms with Crippen LogP contribution >= 0.6 is 0 Å². The van der Waals surface area contributed by atoms with Gasteiger partial charge in [-0.15, -0.1) is 0 Å². The Kier molecular flexibility index (Phi) is 5.07. The average molecular weight is 156 g/mol. The standard InChI is InChI=1S/C8H12O3/c1-3-5-7(6-9)8(10)11-4-2/h5-6H,3-4H2,1-2H3/b7-5-. The highest BCUT2D eigenvalue weighted by Crippen LogP contribution is 1.95. The summed E-state index contributed by atoms with van der Waals surface area (Å²) in [6.45, 7) is 3.85. The molecular formula is C8H12O3. The number of hydrogen-bond acceptors (Lipinski definition) is 3. The molecule has 62 valence electrons. The van der Waals surface area contributed by atoms with Gasteiger partial charge in [0.05, 0.1) is 12.2 Å². The molecule has 11 heavy (non-hydrogen) atoms. The van der Waals surface area contributed by atoms with Gasteiger partial charge in [0.15, 0.2) is 6.29 Å². The molecule has 0 aliphatic heterocycles. The van der Waals surface area contributed by atoms with Gasteiger partial charge in [-0.25, -0.2) is 4.79 Å². The lowest BCUT2D eigenvalue weighted by Crippen LogP contribution is -2.08. The maximum absolute atomic E-state index is 10.8. The third kappa shape index (κ3) is 3.55. The molecule has 0 N–H and O–H groups in total. The molecule has 0 heterocycles. The van der Waals surface area contributed by atoms with Crippen LogP contribution < -0.4 is 0 Å². The summed E-state index contributed by atoms with van der Waals surface area (Å²) in [5.41, 5.74) is 0.106. The monoisotopic (exact) mass is 156 g/mol. The molecule has 0 aromatic carbocycles. The summed E-state index contributed by atoms with van der Waals surface area (Å²) in [5.74, 6) is -0.538. The zero-order valence-electron chi connectivity index (χ0n) is 6.79. The number of carbonyl (C=O) groups excluding carboxylic acids is 2. The molecule has 3 heteroatoms. The van der Waals surface area contributed by atoms with Crippen LogP contribution in [-0.4, -0.2) is 18.9 Å². The second kappa shape index (κ2) is 5.65. The molecule has 0 amide bonds. The van der Waals surface area contributed by atoms with E-state index < -0.39 is 5.97 Å². The van der Waals surface area contributed by atoms with E-state index in [1.165, 1.54) is 0 Å². The fourth-order valence-electron chi connectivity index (χ4n) is 0.614. The molecule has 0 aliphatic rings. The maximum Gasteiger partial charge on any atom is 0.341 e. The van der Waals surface area contributed by atoms with E-state index in [-0.39, 0.29) is 5.57 Å². The third-order valence-electron chi connectivity index (χ3n) is 1.06. The molecule has 0 atom stereocenters. The van der Waals surface area contributed by atoms with Crippen LogP contribution in [0.5, 0.6) is 0 Å². The lowest BCUT2D eigenvalue weighted by atomic mass is 10.2. The summed E-state index contributed by atoms with van der Waals surface area (Å²) < 4.78 is 4.61. The van der Waals surface area contributed by atoms with Gasteiger partial charge in [-0.3, -0.25) is 4.79 Å². The van der Waals surface area contributed by atoms with Gasteiger partial charge < -0.3 is 4.74 Å². The average Bonchev–Trinajstić information content (AvgIpc) is 2.00. The summed E-state index contributed by atoms with van der Waals surface area (Å²) in [7, 11) is 0. The van der Waals surface area contributed by atoms with Crippen molar-refractivity contribution in [2.75, 3.05) is 6.61 Å². The molecule has 0 bridgehead atoms. The summed E-state index contributed by atoms with van der Waals surface area (Å²) in [6, 6.07) is 0. The fraction of sp³-hybridized carbons (Fsp3) is 0.500. The molecule has 0 aliphatic carbocycles. The van der Waals surface area contributed by atoms with E-state index >= 15 is 0 Å². The molecule has 0 unspecified atom stereocenters. The fourth-order valence-corrected chi connectivity index (χ4v) is 0.614. The number of aldehydes is 1. The number of ether oxygens (including phenoxy) is 1. The maximum atomic E-state index is 10.8. The van der Waals surface area contributed by atoms with Gasteiger partial charge in [0.1, 0.15) is 0 Å². The first kappa shape index (κ1) is 9.88. The molecule has 0 aromatic heterocycles. The van der Waals surface area contributed by atoms with Gasteiger partial charge in [0, 0.05) is 0 Å². The Morgan fingerprint density at radius 3 is 2.45 bits per heavy atom. The van der Waals surface area contributed by atoms with Crippen LogP contribution in [0.15, 0.2) is 11.6 Å². The normalized spacial score (nSPS) is 10.9. The molecule has 0 spiro atoms. The quantitative estimate of drug-likeness (QED) is 0.201. The molecule has 0 saturated carbocycles. The van der Waals surface area contributed by atoms with E-state index in [1.807, 2.05) is 6.92 Å². The SMILES string of the molecule is CC/C=C(/C=O)C(=O)OCC. The molecule has 3 nitrogen and oxygen atoms in total. The Bertz CT molecular complexity index is 170. The molecule has 0 radical (unpaired) electrons. The van der Waals surface area contributed by atoms with Crippen LogP contribution in [-0.2, 0) is 14.3 Å². The number of rotatable bonds is 4. The van der Waals surface area contributed by atoms with Crippen molar-refractivity contribution in [3.63, 3.8) is 0 Å². The summed E-state index contributed by atoms with van der Waals surface area (Å²) in [4.78, 5) is 21.1. The minimum absolute atomic E-state index is 0.106. The minimum Gasteiger partial charge on any atom is -0.462 e. The van der Waals surface area contributed by atoms with Crippen molar-refractivity contribution < 1.29 is 14.3 Å². The Balaban J connectivity index is 4.14. The van der Waals surface area contributed by atoms with E-state index in [9.17, 15) is 9.59 Å². The van der Waals surface area contributed by atoms with Crippen molar-refractivity contribution in [2.24, 2.45) is 0 Å². The van der Waals surface area contributed by atoms with Crippen LogP contribution in [0.4, 0.5) is 0 Å². The van der Waals surface area contributed by atoms with Crippen molar-refractivity contribution in [3.8, 4) is 0 Å². The number of carbonyl (C=O) groups is 2. The third-order valence-corrected chi connectivity index (χ3v) is 1.06. The Hall–Kier alpha value is -1.12. The predicted molar refractivity (Wildman–Crippen MR) is 41.1 cm³/mol. The molecule has 0 saturated heterocycles. The van der Waals surface area contributed by atoms with Crippen LogP contribution in [0.3, 0.4) is 0 Å². The zero-order chi connectivity index (χ0) is 8.69. The van der Waals surface area contributed by atoms with Gasteiger partial charge in [-0.1, -0.05) is 13.0 Å². The Labute approximate surface area is 66.0 Å². The molecular weight excluding hydrogens is 144 g/mol. The van der Waals surface area contributed by atoms with E-state index in [0.29, 0.717) is 19.3 Å². The van der Waals surface area contributed by atoms with Crippen molar-refractivity contribution in [3.05, 3.63) is 11.6 Å². The van der Waals surface area contributed by atoms with E-state index in [4.69, 9.17) is 0 Å². The van der Waals surface area contributed by atoms with E-state index in [1.54, 1.807) is 13.0 Å². The van der Waals surface area contributed by atoms with Crippen LogP contribution in [0.25, 0.3) is 0 Å². The first-order chi connectivity index (χ1) is 5.26. The summed E-state index contributed by atoms with van der Waals surface area (Å²) in [5, 5.41) is 0. The molecule has 0 aromatic rings. The lowest BCUT2D eigenvalue weighted by molar-refractivity contribution is -0.139. The first-order valence-corrected chi connectivity index (χ1v) is 3.58. The van der Waals surface area contributed by atoms with Gasteiger partial charge >= 0.3 is 5.97 Å². The zero-order valence-corrected chi connectivity index (χ0v) is 6.79. The van der Waals surface area contributed by atoms with E-state index in [2.05, 4.69) is 4.74 Å². The lowest BCUT2D eigenvalue weighted by Gasteiger charge is -1.98. The van der Waals surface area contributed by atoms with Gasteiger partial charge in [-0.05, 0) is 13.3 Å². The highest BCUT2D eigenvalue weighted by molar-refractivity contribution is 6.07. The van der Waals surface area contributed by atoms with Gasteiger partial charge in [0.25, 0.3) is 0 Å². The van der Waals surface area contributed by atoms with Crippen molar-refractivity contribution in [1.29, 1.82) is 0 Å². The van der Waals surface area contributed by atoms with E-state index in [0.717, 1.165) is 0 Å². The second-order valence-corrected chi connectivity index (χ2v) is 1.91. The minimum atomic E-state index is -0.538. The smallest absolute Gasteiger partial charge is 0.341 e. The largest absolute Gasteiger partial charge is 0.462 e. The van der Waals surface area contributed by atoms with Crippen molar-refractivity contribution in [1.82, 2.24) is 0 Å². The predicted octanol–water partition coefficient (Wildman–Crippen LogP) is 1.08. The second-order valence-electron chi connectivity index (χ2n) is 1.91. The Morgan fingerprint density at radius 2 is 2.09 bits per heavy atom. The van der Waals surface area contributed by atoms with Crippen molar-refractivity contribution >= 4 is 12.3 Å². The number of hydrogen-bond donors (Lipinski definition) is 0. The van der Waals surface area contributed by atoms with Crippen molar-refractivity contribution in [2.45, 2.75) is 20.3 Å². The molecule has 0 rings (SSSR count). The van der Waals surface area contributed by atoms with Gasteiger partial charge in [0.2, 0.25) is 0 Å². The molecule has 0 fully saturated rings. The van der Waals surface area contributed by atoms with Gasteiger partial charge in [-0.2, -0.15) is 0 Å². The van der Waals surface area contributed by atoms with Crippen LogP contribution in [0.2, 0.25) is 0 Å².